The molecule has 2 aromatic carbocycles. The van der Waals surface area contributed by atoms with Crippen LogP contribution >= 0.6 is 0 Å². The number of piperidine rings is 1. The summed E-state index contributed by atoms with van der Waals surface area (Å²) in [6.07, 6.45) is 2.63. The zero-order valence-corrected chi connectivity index (χ0v) is 18.9. The van der Waals surface area contributed by atoms with Crippen molar-refractivity contribution in [1.29, 1.82) is 0 Å². The van der Waals surface area contributed by atoms with Crippen molar-refractivity contribution < 1.29 is 14.3 Å². The van der Waals surface area contributed by atoms with Crippen LogP contribution in [0.15, 0.2) is 48.5 Å². The molecule has 1 fully saturated rings. The van der Waals surface area contributed by atoms with Crippen molar-refractivity contribution in [2.24, 2.45) is 11.8 Å². The number of carbonyl (C=O) groups excluding carboxylic acids is 2. The third-order valence-corrected chi connectivity index (χ3v) is 5.76. The Morgan fingerprint density at radius 2 is 1.87 bits per heavy atom. The number of amides is 2. The van der Waals surface area contributed by atoms with Crippen LogP contribution in [0, 0.1) is 18.8 Å². The molecule has 1 aliphatic heterocycles. The zero-order valence-electron chi connectivity index (χ0n) is 18.9. The second-order valence-electron chi connectivity index (χ2n) is 8.81. The van der Waals surface area contributed by atoms with Gasteiger partial charge in [-0.1, -0.05) is 49.7 Å². The van der Waals surface area contributed by atoms with Crippen molar-refractivity contribution in [2.75, 3.05) is 19.7 Å². The largest absolute Gasteiger partial charge is 0.493 e. The molecular formula is C26H34N2O3. The molecule has 1 heterocycles. The van der Waals surface area contributed by atoms with Crippen LogP contribution in [0.1, 0.15) is 54.6 Å². The first-order valence-electron chi connectivity index (χ1n) is 11.3. The zero-order chi connectivity index (χ0) is 22.2. The maximum Gasteiger partial charge on any atom is 0.253 e. The Kier molecular flexibility index (Phi) is 8.10. The Morgan fingerprint density at radius 3 is 2.61 bits per heavy atom. The summed E-state index contributed by atoms with van der Waals surface area (Å²) in [5.74, 6) is 1.23. The first kappa shape index (κ1) is 22.9. The molecule has 2 amide bonds. The minimum Gasteiger partial charge on any atom is -0.493 e. The fourth-order valence-corrected chi connectivity index (χ4v) is 3.78. The highest BCUT2D eigenvalue weighted by Crippen LogP contribution is 2.21. The number of benzene rings is 2. The molecule has 0 saturated carbocycles. The van der Waals surface area contributed by atoms with E-state index in [1.54, 1.807) is 4.90 Å². The van der Waals surface area contributed by atoms with E-state index in [2.05, 4.69) is 19.2 Å². The Morgan fingerprint density at radius 1 is 1.13 bits per heavy atom. The molecule has 0 bridgehead atoms. The number of nitrogens with zero attached hydrogens (tertiary/aromatic N) is 1. The van der Waals surface area contributed by atoms with Crippen LogP contribution in [0.3, 0.4) is 0 Å². The first-order chi connectivity index (χ1) is 14.9. The number of carbonyl (C=O) groups is 2. The number of hydrogen-bond donors (Lipinski definition) is 1. The summed E-state index contributed by atoms with van der Waals surface area (Å²) in [6.45, 7) is 8.61. The Hall–Kier alpha value is -2.82. The van der Waals surface area contributed by atoms with E-state index in [-0.39, 0.29) is 17.7 Å². The van der Waals surface area contributed by atoms with Gasteiger partial charge in [-0.2, -0.15) is 0 Å². The summed E-state index contributed by atoms with van der Waals surface area (Å²) < 4.78 is 5.93. The number of aryl methyl sites for hydroxylation is 1. The number of para-hydroxylation sites is 1. The summed E-state index contributed by atoms with van der Waals surface area (Å²) in [5, 5.41) is 3.06. The van der Waals surface area contributed by atoms with E-state index in [0.29, 0.717) is 37.7 Å². The van der Waals surface area contributed by atoms with Gasteiger partial charge < -0.3 is 15.0 Å². The van der Waals surface area contributed by atoms with E-state index in [1.165, 1.54) is 0 Å². The standard InChI is InChI=1S/C26H34N2O3/c1-19(2)14-16-31-24-9-5-4-7-22(24)17-27-25(29)23-8-6-15-28(18-23)26(30)21-12-10-20(3)11-13-21/h4-5,7,9-13,19,23H,6,8,14-18H2,1-3H3,(H,27,29). The molecule has 0 spiro atoms. The van der Waals surface area contributed by atoms with Crippen molar-refractivity contribution in [2.45, 2.75) is 46.6 Å². The molecule has 0 aliphatic carbocycles. The van der Waals surface area contributed by atoms with Gasteiger partial charge in [0.2, 0.25) is 5.91 Å². The number of ether oxygens (including phenoxy) is 1. The van der Waals surface area contributed by atoms with E-state index >= 15 is 0 Å². The normalized spacial score (nSPS) is 16.3. The van der Waals surface area contributed by atoms with Gasteiger partial charge in [0.1, 0.15) is 5.75 Å². The highest BCUT2D eigenvalue weighted by atomic mass is 16.5. The highest BCUT2D eigenvalue weighted by Gasteiger charge is 2.28. The molecule has 5 nitrogen and oxygen atoms in total. The van der Waals surface area contributed by atoms with Gasteiger partial charge in [0.25, 0.3) is 5.91 Å². The van der Waals surface area contributed by atoms with Crippen LogP contribution in [0.25, 0.3) is 0 Å². The van der Waals surface area contributed by atoms with Crippen LogP contribution < -0.4 is 10.1 Å². The quantitative estimate of drug-likeness (QED) is 0.677. The van der Waals surface area contributed by atoms with Crippen molar-refractivity contribution in [3.63, 3.8) is 0 Å². The lowest BCUT2D eigenvalue weighted by molar-refractivity contribution is -0.126. The molecule has 1 N–H and O–H groups in total. The topological polar surface area (TPSA) is 58.6 Å². The molecule has 1 aliphatic rings. The molecule has 2 aromatic rings. The summed E-state index contributed by atoms with van der Waals surface area (Å²) in [5.41, 5.74) is 2.78. The van der Waals surface area contributed by atoms with Crippen molar-refractivity contribution in [1.82, 2.24) is 10.2 Å². The first-order valence-corrected chi connectivity index (χ1v) is 11.3. The lowest BCUT2D eigenvalue weighted by Crippen LogP contribution is -2.45. The Balaban J connectivity index is 1.55. The number of nitrogens with one attached hydrogen (secondary N) is 1. The molecule has 1 atom stereocenters. The van der Waals surface area contributed by atoms with Gasteiger partial charge in [-0.3, -0.25) is 9.59 Å². The van der Waals surface area contributed by atoms with Crippen LogP contribution in [-0.4, -0.2) is 36.4 Å². The second kappa shape index (κ2) is 11.0. The fraction of sp³-hybridized carbons (Fsp3) is 0.462. The van der Waals surface area contributed by atoms with E-state index < -0.39 is 0 Å². The molecule has 0 aromatic heterocycles. The molecule has 166 valence electrons. The van der Waals surface area contributed by atoms with Crippen LogP contribution in [0.5, 0.6) is 5.75 Å². The fourth-order valence-electron chi connectivity index (χ4n) is 3.78. The lowest BCUT2D eigenvalue weighted by atomic mass is 9.96. The minimum atomic E-state index is -0.183. The van der Waals surface area contributed by atoms with Gasteiger partial charge in [0, 0.05) is 30.8 Å². The average Bonchev–Trinajstić information content (AvgIpc) is 2.78. The van der Waals surface area contributed by atoms with Crippen LogP contribution in [0.2, 0.25) is 0 Å². The molecule has 3 rings (SSSR count). The Labute approximate surface area is 185 Å². The van der Waals surface area contributed by atoms with Crippen molar-refractivity contribution in [3.05, 3.63) is 65.2 Å². The van der Waals surface area contributed by atoms with Crippen LogP contribution in [-0.2, 0) is 11.3 Å². The molecule has 1 saturated heterocycles. The number of rotatable bonds is 8. The lowest BCUT2D eigenvalue weighted by Gasteiger charge is -2.32. The van der Waals surface area contributed by atoms with Crippen molar-refractivity contribution in [3.8, 4) is 5.75 Å². The molecule has 0 radical (unpaired) electrons. The van der Waals surface area contributed by atoms with E-state index in [0.717, 1.165) is 36.1 Å². The Bertz CT molecular complexity index is 876. The number of likely N-dealkylation sites (tertiary alicyclic amines) is 1. The van der Waals surface area contributed by atoms with Gasteiger partial charge in [0.15, 0.2) is 0 Å². The van der Waals surface area contributed by atoms with E-state index in [1.807, 2.05) is 55.5 Å². The third kappa shape index (κ3) is 6.58. The van der Waals surface area contributed by atoms with Crippen LogP contribution in [0.4, 0.5) is 0 Å². The summed E-state index contributed by atoms with van der Waals surface area (Å²) >= 11 is 0. The summed E-state index contributed by atoms with van der Waals surface area (Å²) in [4.78, 5) is 27.5. The van der Waals surface area contributed by atoms with E-state index in [4.69, 9.17) is 4.74 Å². The molecule has 31 heavy (non-hydrogen) atoms. The predicted molar refractivity (Wildman–Crippen MR) is 123 cm³/mol. The molecular weight excluding hydrogens is 388 g/mol. The van der Waals surface area contributed by atoms with Gasteiger partial charge in [-0.25, -0.2) is 0 Å². The monoisotopic (exact) mass is 422 g/mol. The highest BCUT2D eigenvalue weighted by molar-refractivity contribution is 5.94. The van der Waals surface area contributed by atoms with Gasteiger partial charge in [0.05, 0.1) is 12.5 Å². The second-order valence-corrected chi connectivity index (χ2v) is 8.81. The van der Waals surface area contributed by atoms with Gasteiger partial charge in [-0.15, -0.1) is 0 Å². The smallest absolute Gasteiger partial charge is 0.253 e. The third-order valence-electron chi connectivity index (χ3n) is 5.76. The van der Waals surface area contributed by atoms with Gasteiger partial charge >= 0.3 is 0 Å². The van der Waals surface area contributed by atoms with E-state index in [9.17, 15) is 9.59 Å². The predicted octanol–water partition coefficient (Wildman–Crippen LogP) is 4.59. The summed E-state index contributed by atoms with van der Waals surface area (Å²) in [6, 6.07) is 15.5. The van der Waals surface area contributed by atoms with Crippen molar-refractivity contribution >= 4 is 11.8 Å². The minimum absolute atomic E-state index is 0.00129. The summed E-state index contributed by atoms with van der Waals surface area (Å²) in [7, 11) is 0. The number of hydrogen-bond acceptors (Lipinski definition) is 3. The molecule has 5 heteroatoms. The molecule has 1 unspecified atom stereocenters. The maximum atomic E-state index is 12.8. The average molecular weight is 423 g/mol. The maximum absolute atomic E-state index is 12.8. The SMILES string of the molecule is Cc1ccc(C(=O)N2CCCC(C(=O)NCc3ccccc3OCCC(C)C)C2)cc1. The van der Waals surface area contributed by atoms with Gasteiger partial charge in [-0.05, 0) is 50.3 Å².